The van der Waals surface area contributed by atoms with E-state index in [4.69, 9.17) is 4.74 Å². The Morgan fingerprint density at radius 1 is 1.37 bits per heavy atom. The molecule has 102 valence electrons. The maximum Gasteiger partial charge on any atom is 0.231 e. The van der Waals surface area contributed by atoms with Gasteiger partial charge in [0, 0.05) is 25.7 Å². The topological polar surface area (TPSA) is 58.6 Å². The number of rotatable bonds is 3. The molecule has 1 fully saturated rings. The number of carbonyl (C=O) groups is 2. The van der Waals surface area contributed by atoms with Gasteiger partial charge < -0.3 is 15.0 Å². The number of nitrogens with one attached hydrogen (secondary N) is 1. The lowest BCUT2D eigenvalue weighted by Crippen LogP contribution is -2.43. The smallest absolute Gasteiger partial charge is 0.231 e. The van der Waals surface area contributed by atoms with Crippen LogP contribution in [0.4, 0.5) is 5.69 Å². The van der Waals surface area contributed by atoms with Crippen molar-refractivity contribution in [2.75, 3.05) is 25.6 Å². The summed E-state index contributed by atoms with van der Waals surface area (Å²) in [4.78, 5) is 25.0. The van der Waals surface area contributed by atoms with Gasteiger partial charge in [0.1, 0.15) is 5.75 Å². The van der Waals surface area contributed by atoms with E-state index in [1.54, 1.807) is 19.1 Å². The second kappa shape index (κ2) is 5.73. The van der Waals surface area contributed by atoms with Gasteiger partial charge in [0.05, 0.1) is 13.0 Å². The maximum atomic E-state index is 12.3. The Morgan fingerprint density at radius 2 is 2.05 bits per heavy atom. The molecular formula is C14H18N2O3. The van der Waals surface area contributed by atoms with Crippen LogP contribution in [-0.4, -0.2) is 32.5 Å². The van der Waals surface area contributed by atoms with Gasteiger partial charge in [-0.3, -0.25) is 9.59 Å². The van der Waals surface area contributed by atoms with Crippen molar-refractivity contribution >= 4 is 17.5 Å². The van der Waals surface area contributed by atoms with E-state index in [1.165, 1.54) is 0 Å². The fraction of sp³-hybridized carbons (Fsp3) is 0.429. The molecule has 2 amide bonds. The van der Waals surface area contributed by atoms with Gasteiger partial charge in [0.2, 0.25) is 11.8 Å². The van der Waals surface area contributed by atoms with Crippen LogP contribution in [0.15, 0.2) is 24.3 Å². The summed E-state index contributed by atoms with van der Waals surface area (Å²) in [6, 6.07) is 7.33. The van der Waals surface area contributed by atoms with Crippen molar-refractivity contribution in [1.29, 1.82) is 0 Å². The lowest BCUT2D eigenvalue weighted by molar-refractivity contribution is -0.127. The Hall–Kier alpha value is -2.04. The molecule has 0 radical (unpaired) electrons. The van der Waals surface area contributed by atoms with Gasteiger partial charge in [-0.15, -0.1) is 0 Å². The first-order chi connectivity index (χ1) is 9.11. The zero-order valence-corrected chi connectivity index (χ0v) is 11.2. The first-order valence-corrected chi connectivity index (χ1v) is 6.30. The van der Waals surface area contributed by atoms with Crippen molar-refractivity contribution in [2.45, 2.75) is 12.8 Å². The molecule has 1 aromatic rings. The molecule has 0 aromatic heterocycles. The third-order valence-electron chi connectivity index (χ3n) is 3.41. The molecular weight excluding hydrogens is 244 g/mol. The Labute approximate surface area is 112 Å². The minimum Gasteiger partial charge on any atom is -0.497 e. The molecule has 5 heteroatoms. The van der Waals surface area contributed by atoms with Crippen molar-refractivity contribution in [3.8, 4) is 5.75 Å². The maximum absolute atomic E-state index is 12.3. The van der Waals surface area contributed by atoms with Gasteiger partial charge in [0.25, 0.3) is 0 Å². The van der Waals surface area contributed by atoms with E-state index < -0.39 is 0 Å². The van der Waals surface area contributed by atoms with Crippen molar-refractivity contribution in [3.63, 3.8) is 0 Å². The molecule has 19 heavy (non-hydrogen) atoms. The molecule has 0 spiro atoms. The fourth-order valence-electron chi connectivity index (χ4n) is 2.15. The van der Waals surface area contributed by atoms with Crippen molar-refractivity contribution in [3.05, 3.63) is 24.3 Å². The molecule has 1 unspecified atom stereocenters. The minimum absolute atomic E-state index is 0.0242. The van der Waals surface area contributed by atoms with Gasteiger partial charge >= 0.3 is 0 Å². The molecule has 1 saturated heterocycles. The number of anilines is 1. The number of hydrogen-bond donors (Lipinski definition) is 1. The molecule has 1 atom stereocenters. The molecule has 1 aliphatic rings. The third kappa shape index (κ3) is 3.05. The van der Waals surface area contributed by atoms with Gasteiger partial charge in [-0.1, -0.05) is 0 Å². The number of nitrogens with zero attached hydrogens (tertiary/aromatic N) is 1. The number of hydrogen-bond acceptors (Lipinski definition) is 3. The van der Waals surface area contributed by atoms with E-state index >= 15 is 0 Å². The Bertz CT molecular complexity index is 460. The normalized spacial score (nSPS) is 18.6. The predicted octanol–water partition coefficient (Wildman–Crippen LogP) is 1.18. The largest absolute Gasteiger partial charge is 0.497 e. The molecule has 1 aromatic carbocycles. The number of methoxy groups -OCH3 is 1. The summed E-state index contributed by atoms with van der Waals surface area (Å²) in [5.41, 5.74) is 0.822. The molecule has 1 N–H and O–H groups in total. The quantitative estimate of drug-likeness (QED) is 0.890. The Morgan fingerprint density at radius 3 is 2.58 bits per heavy atom. The molecule has 2 rings (SSSR count). The minimum atomic E-state index is -0.134. The second-order valence-corrected chi connectivity index (χ2v) is 4.63. The highest BCUT2D eigenvalue weighted by atomic mass is 16.5. The average molecular weight is 262 g/mol. The fourth-order valence-corrected chi connectivity index (χ4v) is 2.15. The van der Waals surface area contributed by atoms with Crippen molar-refractivity contribution < 1.29 is 14.3 Å². The molecule has 1 aliphatic heterocycles. The average Bonchev–Trinajstić information content (AvgIpc) is 2.46. The number of amides is 2. The number of ether oxygens (including phenoxy) is 1. The van der Waals surface area contributed by atoms with Crippen LogP contribution in [-0.2, 0) is 9.59 Å². The summed E-state index contributed by atoms with van der Waals surface area (Å²) in [6.07, 6.45) is 1.04. The SMILES string of the molecule is COc1ccc(N(C)C(=O)C2CCC(=O)NC2)cc1. The van der Waals surface area contributed by atoms with Crippen molar-refractivity contribution in [1.82, 2.24) is 5.32 Å². The molecule has 5 nitrogen and oxygen atoms in total. The zero-order chi connectivity index (χ0) is 13.8. The van der Waals surface area contributed by atoms with E-state index in [0.717, 1.165) is 11.4 Å². The monoisotopic (exact) mass is 262 g/mol. The van der Waals surface area contributed by atoms with Crippen molar-refractivity contribution in [2.24, 2.45) is 5.92 Å². The standard InChI is InChI=1S/C14H18N2O3/c1-16(11-4-6-12(19-2)7-5-11)14(18)10-3-8-13(17)15-9-10/h4-7,10H,3,8-9H2,1-2H3,(H,15,17). The lowest BCUT2D eigenvalue weighted by atomic mass is 9.97. The first-order valence-electron chi connectivity index (χ1n) is 6.30. The van der Waals surface area contributed by atoms with E-state index in [1.807, 2.05) is 24.3 Å². The highest BCUT2D eigenvalue weighted by molar-refractivity contribution is 5.95. The van der Waals surface area contributed by atoms with E-state index in [9.17, 15) is 9.59 Å². The van der Waals surface area contributed by atoms with Crippen LogP contribution < -0.4 is 15.0 Å². The van der Waals surface area contributed by atoms with Crippen LogP contribution in [0, 0.1) is 5.92 Å². The Kier molecular flexibility index (Phi) is 4.04. The molecule has 0 saturated carbocycles. The van der Waals surface area contributed by atoms with Crippen LogP contribution in [0.2, 0.25) is 0 Å². The highest BCUT2D eigenvalue weighted by Crippen LogP contribution is 2.21. The summed E-state index contributed by atoms with van der Waals surface area (Å²) in [7, 11) is 3.36. The van der Waals surface area contributed by atoms with Crippen LogP contribution >= 0.6 is 0 Å². The van der Waals surface area contributed by atoms with E-state index in [-0.39, 0.29) is 17.7 Å². The predicted molar refractivity (Wildman–Crippen MR) is 72.1 cm³/mol. The molecule has 1 heterocycles. The first kappa shape index (κ1) is 13.4. The van der Waals surface area contributed by atoms with Crippen LogP contribution in [0.1, 0.15) is 12.8 Å². The number of benzene rings is 1. The summed E-state index contributed by atoms with van der Waals surface area (Å²) in [5, 5.41) is 2.73. The van der Waals surface area contributed by atoms with E-state index in [2.05, 4.69) is 5.32 Å². The number of carbonyl (C=O) groups excluding carboxylic acids is 2. The van der Waals surface area contributed by atoms with Gasteiger partial charge in [0.15, 0.2) is 0 Å². The summed E-state index contributed by atoms with van der Waals surface area (Å²) in [5.74, 6) is 0.681. The molecule has 0 bridgehead atoms. The van der Waals surface area contributed by atoms with Gasteiger partial charge in [-0.05, 0) is 30.7 Å². The molecule has 0 aliphatic carbocycles. The summed E-state index contributed by atoms with van der Waals surface area (Å²) >= 11 is 0. The van der Waals surface area contributed by atoms with Gasteiger partial charge in [-0.25, -0.2) is 0 Å². The van der Waals surface area contributed by atoms with Gasteiger partial charge in [-0.2, -0.15) is 0 Å². The zero-order valence-electron chi connectivity index (χ0n) is 11.2. The van der Waals surface area contributed by atoms with Crippen LogP contribution in [0.5, 0.6) is 5.75 Å². The summed E-state index contributed by atoms with van der Waals surface area (Å²) < 4.78 is 5.09. The third-order valence-corrected chi connectivity index (χ3v) is 3.41. The lowest BCUT2D eigenvalue weighted by Gasteiger charge is -2.26. The van der Waals surface area contributed by atoms with Crippen LogP contribution in [0.3, 0.4) is 0 Å². The Balaban J connectivity index is 2.03. The second-order valence-electron chi connectivity index (χ2n) is 4.63. The summed E-state index contributed by atoms with van der Waals surface area (Å²) in [6.45, 7) is 0.429. The van der Waals surface area contributed by atoms with E-state index in [0.29, 0.717) is 19.4 Å². The number of piperidine rings is 1. The van der Waals surface area contributed by atoms with Crippen LogP contribution in [0.25, 0.3) is 0 Å². The highest BCUT2D eigenvalue weighted by Gasteiger charge is 2.27.